The number of aryl methyl sites for hydroxylation is 1. The summed E-state index contributed by atoms with van der Waals surface area (Å²) in [6.07, 6.45) is -4.51. The van der Waals surface area contributed by atoms with E-state index in [1.165, 1.54) is 16.7 Å². The van der Waals surface area contributed by atoms with Crippen molar-refractivity contribution >= 4 is 11.6 Å². The molecule has 0 unspecified atom stereocenters. The number of ether oxygens (including phenoxy) is 1. The van der Waals surface area contributed by atoms with Crippen LogP contribution in [0.1, 0.15) is 32.9 Å². The van der Waals surface area contributed by atoms with Crippen molar-refractivity contribution in [3.8, 4) is 11.4 Å². The average Bonchev–Trinajstić information content (AvgIpc) is 3.12. The smallest absolute Gasteiger partial charge is 0.418 e. The maximum atomic E-state index is 13.5. The van der Waals surface area contributed by atoms with Crippen molar-refractivity contribution in [3.05, 3.63) is 113 Å². The van der Waals surface area contributed by atoms with Crippen molar-refractivity contribution in [1.82, 2.24) is 4.57 Å². The number of hydrogen-bond donors (Lipinski definition) is 1. The van der Waals surface area contributed by atoms with Crippen LogP contribution in [-0.2, 0) is 12.8 Å². The third-order valence-electron chi connectivity index (χ3n) is 5.49. The Balaban J connectivity index is 1.51. The van der Waals surface area contributed by atoms with E-state index in [1.54, 1.807) is 50.2 Å². The zero-order valence-electron chi connectivity index (χ0n) is 18.7. The maximum Gasteiger partial charge on any atom is 0.418 e. The van der Waals surface area contributed by atoms with Crippen molar-refractivity contribution in [1.29, 1.82) is 0 Å². The Morgan fingerprint density at radius 3 is 2.24 bits per heavy atom. The van der Waals surface area contributed by atoms with Gasteiger partial charge < -0.3 is 14.6 Å². The number of anilines is 1. The van der Waals surface area contributed by atoms with E-state index in [1.807, 2.05) is 30.3 Å². The SMILES string of the molecule is Cc1cc(C(=O)Nc2ccc(OCc3ccccc3)cc2)c(C)n1-c1ccccc1C(F)(F)F. The molecule has 0 bridgehead atoms. The third kappa shape index (κ3) is 4.98. The molecule has 1 amide bonds. The standard InChI is InChI=1S/C27H23F3N2O2/c1-18-16-23(19(2)32(18)25-11-7-6-10-24(25)27(28,29)30)26(33)31-21-12-14-22(15-13-21)34-17-20-8-4-3-5-9-20/h3-16H,17H2,1-2H3,(H,31,33). The van der Waals surface area contributed by atoms with E-state index in [-0.39, 0.29) is 5.69 Å². The van der Waals surface area contributed by atoms with Crippen molar-refractivity contribution in [2.45, 2.75) is 26.6 Å². The molecule has 7 heteroatoms. The lowest BCUT2D eigenvalue weighted by molar-refractivity contribution is -0.137. The summed E-state index contributed by atoms with van der Waals surface area (Å²) in [5.74, 6) is 0.255. The number of nitrogens with one attached hydrogen (secondary N) is 1. The highest BCUT2D eigenvalue weighted by molar-refractivity contribution is 6.05. The molecule has 0 aliphatic carbocycles. The van der Waals surface area contributed by atoms with Crippen LogP contribution >= 0.6 is 0 Å². The number of benzene rings is 3. The molecule has 0 aliphatic rings. The quantitative estimate of drug-likeness (QED) is 0.336. The van der Waals surface area contributed by atoms with Gasteiger partial charge in [-0.15, -0.1) is 0 Å². The van der Waals surface area contributed by atoms with Crippen LogP contribution in [0, 0.1) is 13.8 Å². The first-order chi connectivity index (χ1) is 16.2. The lowest BCUT2D eigenvalue weighted by atomic mass is 10.1. The topological polar surface area (TPSA) is 43.3 Å². The van der Waals surface area contributed by atoms with E-state index in [2.05, 4.69) is 5.32 Å². The molecule has 0 radical (unpaired) electrons. The fraction of sp³-hybridized carbons (Fsp3) is 0.148. The number of hydrogen-bond acceptors (Lipinski definition) is 2. The lowest BCUT2D eigenvalue weighted by Crippen LogP contribution is -2.14. The summed E-state index contributed by atoms with van der Waals surface area (Å²) in [7, 11) is 0. The van der Waals surface area contributed by atoms with Crippen LogP contribution in [0.2, 0.25) is 0 Å². The minimum atomic E-state index is -4.51. The average molecular weight is 464 g/mol. The van der Waals surface area contributed by atoms with E-state index in [4.69, 9.17) is 4.74 Å². The van der Waals surface area contributed by atoms with Crippen LogP contribution in [0.4, 0.5) is 18.9 Å². The number of halogens is 3. The van der Waals surface area contributed by atoms with Crippen LogP contribution in [0.15, 0.2) is 84.9 Å². The largest absolute Gasteiger partial charge is 0.489 e. The Morgan fingerprint density at radius 1 is 0.912 bits per heavy atom. The maximum absolute atomic E-state index is 13.5. The number of aromatic nitrogens is 1. The zero-order valence-corrected chi connectivity index (χ0v) is 18.7. The fourth-order valence-electron chi connectivity index (χ4n) is 3.85. The summed E-state index contributed by atoms with van der Waals surface area (Å²) in [5.41, 5.74) is 2.09. The molecule has 4 aromatic rings. The predicted octanol–water partition coefficient (Wildman–Crippen LogP) is 6.94. The van der Waals surface area contributed by atoms with Gasteiger partial charge in [0.25, 0.3) is 5.91 Å². The monoisotopic (exact) mass is 464 g/mol. The normalized spacial score (nSPS) is 11.3. The number of carbonyl (C=O) groups is 1. The van der Waals surface area contributed by atoms with Gasteiger partial charge in [-0.05, 0) is 61.9 Å². The molecule has 0 atom stereocenters. The van der Waals surface area contributed by atoms with Gasteiger partial charge in [0.05, 0.1) is 16.8 Å². The first-order valence-corrected chi connectivity index (χ1v) is 10.7. The van der Waals surface area contributed by atoms with Gasteiger partial charge >= 0.3 is 6.18 Å². The Kier molecular flexibility index (Phi) is 6.45. The van der Waals surface area contributed by atoms with Crippen LogP contribution in [0.25, 0.3) is 5.69 Å². The molecule has 4 nitrogen and oxygen atoms in total. The molecule has 1 N–H and O–H groups in total. The van der Waals surface area contributed by atoms with Gasteiger partial charge in [-0.3, -0.25) is 4.79 Å². The molecule has 4 rings (SSSR count). The Bertz CT molecular complexity index is 1290. The summed E-state index contributed by atoms with van der Waals surface area (Å²) >= 11 is 0. The molecule has 3 aromatic carbocycles. The molecule has 1 heterocycles. The highest BCUT2D eigenvalue weighted by Gasteiger charge is 2.34. The summed E-state index contributed by atoms with van der Waals surface area (Å²) < 4.78 is 47.8. The summed E-state index contributed by atoms with van der Waals surface area (Å²) in [4.78, 5) is 12.9. The Labute approximate surface area is 195 Å². The number of alkyl halides is 3. The summed E-state index contributed by atoms with van der Waals surface area (Å²) in [5, 5.41) is 2.81. The minimum Gasteiger partial charge on any atom is -0.489 e. The second-order valence-electron chi connectivity index (χ2n) is 7.89. The van der Waals surface area contributed by atoms with Gasteiger partial charge in [0, 0.05) is 17.1 Å². The second kappa shape index (κ2) is 9.47. The molecule has 1 aromatic heterocycles. The summed E-state index contributed by atoms with van der Waals surface area (Å²) in [6.45, 7) is 3.74. The van der Waals surface area contributed by atoms with E-state index in [0.29, 0.717) is 35.0 Å². The first-order valence-electron chi connectivity index (χ1n) is 10.7. The molecular formula is C27H23F3N2O2. The third-order valence-corrected chi connectivity index (χ3v) is 5.49. The van der Waals surface area contributed by atoms with Crippen LogP contribution in [0.3, 0.4) is 0 Å². The predicted molar refractivity (Wildman–Crippen MR) is 125 cm³/mol. The van der Waals surface area contributed by atoms with Gasteiger partial charge in [0.15, 0.2) is 0 Å². The zero-order chi connectivity index (χ0) is 24.3. The minimum absolute atomic E-state index is 0.0102. The number of rotatable bonds is 6. The molecule has 0 aliphatic heterocycles. The number of amides is 1. The molecule has 34 heavy (non-hydrogen) atoms. The number of para-hydroxylation sites is 1. The molecule has 0 saturated carbocycles. The first kappa shape index (κ1) is 23.2. The van der Waals surface area contributed by atoms with Crippen LogP contribution in [-0.4, -0.2) is 10.5 Å². The number of carbonyl (C=O) groups excluding carboxylic acids is 1. The van der Waals surface area contributed by atoms with Crippen LogP contribution in [0.5, 0.6) is 5.75 Å². The summed E-state index contributed by atoms with van der Waals surface area (Å²) in [6, 6.07) is 23.6. The highest BCUT2D eigenvalue weighted by atomic mass is 19.4. The Morgan fingerprint density at radius 2 is 1.56 bits per heavy atom. The van der Waals surface area contributed by atoms with Gasteiger partial charge in [-0.2, -0.15) is 13.2 Å². The van der Waals surface area contributed by atoms with E-state index in [9.17, 15) is 18.0 Å². The fourth-order valence-corrected chi connectivity index (χ4v) is 3.85. The van der Waals surface area contributed by atoms with E-state index >= 15 is 0 Å². The van der Waals surface area contributed by atoms with Gasteiger partial charge in [0.1, 0.15) is 12.4 Å². The second-order valence-corrected chi connectivity index (χ2v) is 7.89. The van der Waals surface area contributed by atoms with Crippen molar-refractivity contribution in [3.63, 3.8) is 0 Å². The van der Waals surface area contributed by atoms with Crippen LogP contribution < -0.4 is 10.1 Å². The molecule has 174 valence electrons. The van der Waals surface area contributed by atoms with Gasteiger partial charge in [-0.25, -0.2) is 0 Å². The van der Waals surface area contributed by atoms with Crippen molar-refractivity contribution in [2.24, 2.45) is 0 Å². The van der Waals surface area contributed by atoms with E-state index < -0.39 is 17.6 Å². The van der Waals surface area contributed by atoms with Crippen molar-refractivity contribution in [2.75, 3.05) is 5.32 Å². The van der Waals surface area contributed by atoms with E-state index in [0.717, 1.165) is 11.6 Å². The molecule has 0 spiro atoms. The molecule has 0 fully saturated rings. The van der Waals surface area contributed by atoms with Crippen molar-refractivity contribution < 1.29 is 22.7 Å². The highest BCUT2D eigenvalue weighted by Crippen LogP contribution is 2.35. The lowest BCUT2D eigenvalue weighted by Gasteiger charge is -2.16. The Hall–Kier alpha value is -4.00. The van der Waals surface area contributed by atoms with Gasteiger partial charge in [0.2, 0.25) is 0 Å². The molecule has 0 saturated heterocycles. The molecular weight excluding hydrogens is 441 g/mol. The van der Waals surface area contributed by atoms with Gasteiger partial charge in [-0.1, -0.05) is 42.5 Å². The number of nitrogens with zero attached hydrogens (tertiary/aromatic N) is 1.